The number of nitrogens with two attached hydrogens (primary N) is 1. The number of hydrogen-bond donors (Lipinski definition) is 1. The van der Waals surface area contributed by atoms with Crippen LogP contribution in [0.15, 0.2) is 0 Å². The average molecular weight is 248 g/mol. The summed E-state index contributed by atoms with van der Waals surface area (Å²) in [4.78, 5) is 13.6. The second-order valence-electron chi connectivity index (χ2n) is 4.40. The van der Waals surface area contributed by atoms with Crippen molar-refractivity contribution in [1.82, 2.24) is 4.90 Å². The van der Waals surface area contributed by atoms with Crippen molar-refractivity contribution < 1.29 is 17.9 Å². The number of carbonyl (C=O) groups excluding carboxylic acids is 1. The molecule has 0 aromatic carbocycles. The summed E-state index contributed by atoms with van der Waals surface area (Å²) in [5, 5.41) is 0. The van der Waals surface area contributed by atoms with Crippen molar-refractivity contribution >= 4 is 15.7 Å². The molecule has 2 N–H and O–H groups in total. The minimum Gasteiger partial charge on any atom is -0.379 e. The molecule has 16 heavy (non-hydrogen) atoms. The van der Waals surface area contributed by atoms with Crippen LogP contribution >= 0.6 is 0 Å². The average Bonchev–Trinajstić information content (AvgIpc) is 2.66. The predicted octanol–water partition coefficient (Wildman–Crippen LogP) is -1.64. The van der Waals surface area contributed by atoms with Crippen LogP contribution < -0.4 is 5.73 Å². The van der Waals surface area contributed by atoms with Gasteiger partial charge in [-0.1, -0.05) is 0 Å². The molecule has 2 aliphatic rings. The number of rotatable bonds is 1. The van der Waals surface area contributed by atoms with Gasteiger partial charge in [-0.05, 0) is 6.42 Å². The highest BCUT2D eigenvalue weighted by Gasteiger charge is 2.42. The molecular formula is C9H16N2O4S. The number of amides is 1. The van der Waals surface area contributed by atoms with Gasteiger partial charge in [0.25, 0.3) is 0 Å². The summed E-state index contributed by atoms with van der Waals surface area (Å²) in [5.74, 6) is -0.106. The van der Waals surface area contributed by atoms with Gasteiger partial charge in [0.15, 0.2) is 9.84 Å². The van der Waals surface area contributed by atoms with Crippen LogP contribution in [0.25, 0.3) is 0 Å². The standard InChI is InChI=1S/C9H16N2O4S/c10-9(1-4-15-7-9)8(12)11-2-5-16(13,14)6-3-11/h1-7,10H2. The highest BCUT2D eigenvalue weighted by Crippen LogP contribution is 2.19. The van der Waals surface area contributed by atoms with Crippen molar-refractivity contribution in [3.8, 4) is 0 Å². The molecule has 7 heteroatoms. The minimum atomic E-state index is -2.96. The Kier molecular flexibility index (Phi) is 2.93. The van der Waals surface area contributed by atoms with Crippen LogP contribution in [0.3, 0.4) is 0 Å². The van der Waals surface area contributed by atoms with Gasteiger partial charge in [0.2, 0.25) is 5.91 Å². The summed E-state index contributed by atoms with van der Waals surface area (Å²) >= 11 is 0. The Bertz CT molecular complexity index is 372. The maximum atomic E-state index is 12.1. The SMILES string of the molecule is NC1(C(=O)N2CCS(=O)(=O)CC2)CCOC1. The van der Waals surface area contributed by atoms with Gasteiger partial charge < -0.3 is 15.4 Å². The van der Waals surface area contributed by atoms with Crippen LogP contribution in [0.1, 0.15) is 6.42 Å². The van der Waals surface area contributed by atoms with Crippen LogP contribution in [0.2, 0.25) is 0 Å². The molecule has 1 unspecified atom stereocenters. The molecule has 2 fully saturated rings. The first-order chi connectivity index (χ1) is 7.43. The highest BCUT2D eigenvalue weighted by molar-refractivity contribution is 7.91. The van der Waals surface area contributed by atoms with Crippen LogP contribution in [0.5, 0.6) is 0 Å². The molecule has 0 saturated carbocycles. The normalized spacial score (nSPS) is 33.9. The maximum Gasteiger partial charge on any atom is 0.245 e. The van der Waals surface area contributed by atoms with E-state index in [1.54, 1.807) is 0 Å². The van der Waals surface area contributed by atoms with Gasteiger partial charge in [-0.2, -0.15) is 0 Å². The fraction of sp³-hybridized carbons (Fsp3) is 0.889. The summed E-state index contributed by atoms with van der Waals surface area (Å²) in [5.41, 5.74) is 4.99. The maximum absolute atomic E-state index is 12.1. The van der Waals surface area contributed by atoms with Crippen molar-refractivity contribution in [2.24, 2.45) is 5.73 Å². The van der Waals surface area contributed by atoms with Crippen LogP contribution in [0.4, 0.5) is 0 Å². The molecule has 0 bridgehead atoms. The van der Waals surface area contributed by atoms with Crippen molar-refractivity contribution in [3.63, 3.8) is 0 Å². The third-order valence-electron chi connectivity index (χ3n) is 3.11. The Morgan fingerprint density at radius 2 is 1.94 bits per heavy atom. The molecule has 0 aromatic heterocycles. The van der Waals surface area contributed by atoms with Crippen LogP contribution in [-0.4, -0.2) is 62.6 Å². The van der Waals surface area contributed by atoms with E-state index in [0.717, 1.165) is 0 Å². The molecule has 0 radical (unpaired) electrons. The van der Waals surface area contributed by atoms with E-state index in [1.807, 2.05) is 0 Å². The summed E-state index contributed by atoms with van der Waals surface area (Å²) in [6.07, 6.45) is 0.509. The topological polar surface area (TPSA) is 89.7 Å². The minimum absolute atomic E-state index is 0.0374. The number of hydrogen-bond acceptors (Lipinski definition) is 5. The molecular weight excluding hydrogens is 232 g/mol. The number of ether oxygens (including phenoxy) is 1. The third kappa shape index (κ3) is 2.21. The van der Waals surface area contributed by atoms with E-state index in [1.165, 1.54) is 4.90 Å². The smallest absolute Gasteiger partial charge is 0.245 e. The van der Waals surface area contributed by atoms with E-state index >= 15 is 0 Å². The zero-order valence-electron chi connectivity index (χ0n) is 9.02. The van der Waals surface area contributed by atoms with Gasteiger partial charge >= 0.3 is 0 Å². The molecule has 2 aliphatic heterocycles. The lowest BCUT2D eigenvalue weighted by Crippen LogP contribution is -2.58. The van der Waals surface area contributed by atoms with Crippen LogP contribution in [-0.2, 0) is 19.4 Å². The zero-order valence-corrected chi connectivity index (χ0v) is 9.83. The largest absolute Gasteiger partial charge is 0.379 e. The van der Waals surface area contributed by atoms with Gasteiger partial charge in [0, 0.05) is 19.7 Å². The Morgan fingerprint density at radius 1 is 1.31 bits per heavy atom. The lowest BCUT2D eigenvalue weighted by molar-refractivity contribution is -0.136. The third-order valence-corrected chi connectivity index (χ3v) is 4.72. The number of carbonyl (C=O) groups is 1. The second-order valence-corrected chi connectivity index (χ2v) is 6.71. The highest BCUT2D eigenvalue weighted by atomic mass is 32.2. The summed E-state index contributed by atoms with van der Waals surface area (Å²) in [7, 11) is -2.96. The first-order valence-corrected chi connectivity index (χ1v) is 7.12. The van der Waals surface area contributed by atoms with Gasteiger partial charge in [0.1, 0.15) is 5.54 Å². The van der Waals surface area contributed by atoms with Gasteiger partial charge in [-0.3, -0.25) is 4.79 Å². The van der Waals surface area contributed by atoms with Crippen molar-refractivity contribution in [2.75, 3.05) is 37.8 Å². The van der Waals surface area contributed by atoms with Gasteiger partial charge in [-0.25, -0.2) is 8.42 Å². The fourth-order valence-corrected chi connectivity index (χ4v) is 3.18. The molecule has 0 spiro atoms. The van der Waals surface area contributed by atoms with Crippen molar-refractivity contribution in [2.45, 2.75) is 12.0 Å². The fourth-order valence-electron chi connectivity index (χ4n) is 1.98. The Labute approximate surface area is 94.6 Å². The molecule has 2 rings (SSSR count). The second kappa shape index (κ2) is 3.97. The first-order valence-electron chi connectivity index (χ1n) is 5.29. The molecule has 2 saturated heterocycles. The monoisotopic (exact) mass is 248 g/mol. The van der Waals surface area contributed by atoms with E-state index in [9.17, 15) is 13.2 Å². The lowest BCUT2D eigenvalue weighted by atomic mass is 9.98. The Balaban J connectivity index is 2.01. The number of sulfone groups is 1. The zero-order chi connectivity index (χ0) is 11.8. The van der Waals surface area contributed by atoms with E-state index in [0.29, 0.717) is 13.0 Å². The molecule has 6 nitrogen and oxygen atoms in total. The number of nitrogens with zero attached hydrogens (tertiary/aromatic N) is 1. The van der Waals surface area contributed by atoms with Crippen molar-refractivity contribution in [3.05, 3.63) is 0 Å². The van der Waals surface area contributed by atoms with E-state index in [2.05, 4.69) is 0 Å². The van der Waals surface area contributed by atoms with Gasteiger partial charge in [-0.15, -0.1) is 0 Å². The summed E-state index contributed by atoms with van der Waals surface area (Å²) in [6, 6.07) is 0. The van der Waals surface area contributed by atoms with E-state index in [4.69, 9.17) is 10.5 Å². The molecule has 0 aliphatic carbocycles. The predicted molar refractivity (Wildman–Crippen MR) is 57.6 cm³/mol. The van der Waals surface area contributed by atoms with Crippen LogP contribution in [0, 0.1) is 0 Å². The molecule has 1 amide bonds. The Morgan fingerprint density at radius 3 is 2.44 bits per heavy atom. The molecule has 1 atom stereocenters. The molecule has 92 valence electrons. The first kappa shape index (κ1) is 11.8. The van der Waals surface area contributed by atoms with Gasteiger partial charge in [0.05, 0.1) is 18.1 Å². The molecule has 0 aromatic rings. The quantitative estimate of drug-likeness (QED) is 0.601. The molecule has 2 heterocycles. The van der Waals surface area contributed by atoms with E-state index in [-0.39, 0.29) is 37.1 Å². The summed E-state index contributed by atoms with van der Waals surface area (Å²) < 4.78 is 27.6. The van der Waals surface area contributed by atoms with Crippen molar-refractivity contribution in [1.29, 1.82) is 0 Å². The Hall–Kier alpha value is -0.660. The lowest BCUT2D eigenvalue weighted by Gasteiger charge is -2.32. The van der Waals surface area contributed by atoms with E-state index < -0.39 is 15.4 Å². The summed E-state index contributed by atoms with van der Waals surface area (Å²) in [6.45, 7) is 1.23.